The molecule has 0 saturated carbocycles. The lowest BCUT2D eigenvalue weighted by molar-refractivity contribution is -0.116. The number of nitrogens with two attached hydrogens (primary N) is 1. The Hall–Kier alpha value is -3.12. The molecule has 0 unspecified atom stereocenters. The molecule has 0 aromatic heterocycles. The number of hydrogen-bond acceptors (Lipinski definition) is 4. The largest absolute Gasteiger partial charge is 0.490 e. The van der Waals surface area contributed by atoms with E-state index in [1.54, 1.807) is 17.9 Å². The summed E-state index contributed by atoms with van der Waals surface area (Å²) in [5, 5.41) is 10.9. The van der Waals surface area contributed by atoms with E-state index >= 15 is 0 Å². The molecular formula is C23H28N4O2. The summed E-state index contributed by atoms with van der Waals surface area (Å²) in [7, 11) is 0. The highest BCUT2D eigenvalue weighted by atomic mass is 16.5. The van der Waals surface area contributed by atoms with E-state index in [9.17, 15) is 4.79 Å². The molecule has 0 aliphatic carbocycles. The third kappa shape index (κ3) is 5.93. The first kappa shape index (κ1) is 20.6. The van der Waals surface area contributed by atoms with Gasteiger partial charge in [-0.05, 0) is 61.8 Å². The van der Waals surface area contributed by atoms with Crippen LogP contribution in [-0.4, -0.2) is 37.5 Å². The van der Waals surface area contributed by atoms with E-state index in [1.807, 2.05) is 54.6 Å². The second-order valence-corrected chi connectivity index (χ2v) is 7.13. The van der Waals surface area contributed by atoms with E-state index in [2.05, 4.69) is 5.32 Å². The highest BCUT2D eigenvalue weighted by molar-refractivity contribution is 5.95. The number of ether oxygens (including phenoxy) is 1. The molecule has 152 valence electrons. The van der Waals surface area contributed by atoms with Crippen LogP contribution in [0.4, 0.5) is 5.69 Å². The van der Waals surface area contributed by atoms with E-state index < -0.39 is 0 Å². The van der Waals surface area contributed by atoms with Gasteiger partial charge in [0.2, 0.25) is 5.91 Å². The quantitative estimate of drug-likeness (QED) is 0.499. The van der Waals surface area contributed by atoms with Gasteiger partial charge in [0.1, 0.15) is 17.7 Å². The van der Waals surface area contributed by atoms with Crippen LogP contribution in [0.25, 0.3) is 6.08 Å². The molecule has 0 bridgehead atoms. The average Bonchev–Trinajstić information content (AvgIpc) is 2.73. The van der Waals surface area contributed by atoms with Crippen LogP contribution >= 0.6 is 0 Å². The van der Waals surface area contributed by atoms with Crippen LogP contribution in [0.2, 0.25) is 0 Å². The van der Waals surface area contributed by atoms with Gasteiger partial charge < -0.3 is 20.7 Å². The third-order valence-corrected chi connectivity index (χ3v) is 4.91. The Morgan fingerprint density at radius 3 is 2.62 bits per heavy atom. The van der Waals surface area contributed by atoms with Crippen molar-refractivity contribution in [2.45, 2.75) is 25.9 Å². The highest BCUT2D eigenvalue weighted by Gasteiger charge is 2.15. The first-order valence-corrected chi connectivity index (χ1v) is 9.89. The first-order chi connectivity index (χ1) is 14.0. The van der Waals surface area contributed by atoms with Crippen LogP contribution in [0, 0.1) is 5.41 Å². The lowest BCUT2D eigenvalue weighted by Crippen LogP contribution is -2.34. The second-order valence-electron chi connectivity index (χ2n) is 7.13. The molecule has 1 saturated heterocycles. The fraction of sp³-hybridized carbons (Fsp3) is 0.304. The van der Waals surface area contributed by atoms with Crippen molar-refractivity contribution < 1.29 is 9.53 Å². The minimum atomic E-state index is -0.0286. The zero-order chi connectivity index (χ0) is 20.6. The summed E-state index contributed by atoms with van der Waals surface area (Å²) in [6.45, 7) is 3.99. The fourth-order valence-corrected chi connectivity index (χ4v) is 3.33. The number of anilines is 1. The Morgan fingerprint density at radius 2 is 1.97 bits per heavy atom. The minimum Gasteiger partial charge on any atom is -0.490 e. The van der Waals surface area contributed by atoms with Crippen molar-refractivity contribution in [1.82, 2.24) is 5.32 Å². The molecule has 2 aromatic carbocycles. The number of nitrogens with zero attached hydrogens (tertiary/aromatic N) is 1. The molecule has 0 radical (unpaired) electrons. The average molecular weight is 393 g/mol. The number of piperidine rings is 1. The summed E-state index contributed by atoms with van der Waals surface area (Å²) in [5.41, 5.74) is 7.99. The number of benzene rings is 2. The van der Waals surface area contributed by atoms with Crippen molar-refractivity contribution in [1.29, 1.82) is 5.41 Å². The molecule has 29 heavy (non-hydrogen) atoms. The van der Waals surface area contributed by atoms with Crippen molar-refractivity contribution in [2.75, 3.05) is 24.5 Å². The zero-order valence-corrected chi connectivity index (χ0v) is 16.7. The molecule has 1 heterocycles. The van der Waals surface area contributed by atoms with Crippen molar-refractivity contribution in [2.24, 2.45) is 5.73 Å². The Labute approximate surface area is 171 Å². The number of hydrogen-bond donors (Lipinski definition) is 3. The number of nitrogens with one attached hydrogen (secondary N) is 2. The van der Waals surface area contributed by atoms with Gasteiger partial charge >= 0.3 is 0 Å². The summed E-state index contributed by atoms with van der Waals surface area (Å²) >= 11 is 0. The molecular weight excluding hydrogens is 364 g/mol. The normalized spacial score (nSPS) is 14.7. The lowest BCUT2D eigenvalue weighted by Gasteiger charge is -2.24. The van der Waals surface area contributed by atoms with E-state index in [-0.39, 0.29) is 17.8 Å². The van der Waals surface area contributed by atoms with Gasteiger partial charge in [-0.15, -0.1) is 0 Å². The Balaban J connectivity index is 1.64. The van der Waals surface area contributed by atoms with E-state index in [0.717, 1.165) is 42.9 Å². The topological polar surface area (TPSA) is 91.4 Å². The minimum absolute atomic E-state index is 0.0286. The van der Waals surface area contributed by atoms with Crippen LogP contribution in [0.1, 0.15) is 30.9 Å². The summed E-state index contributed by atoms with van der Waals surface area (Å²) in [6.07, 6.45) is 6.13. The Morgan fingerprint density at radius 1 is 1.24 bits per heavy atom. The monoisotopic (exact) mass is 392 g/mol. The van der Waals surface area contributed by atoms with Gasteiger partial charge in [0.25, 0.3) is 0 Å². The van der Waals surface area contributed by atoms with Gasteiger partial charge in [0, 0.05) is 24.7 Å². The molecule has 6 nitrogen and oxygen atoms in total. The predicted octanol–water partition coefficient (Wildman–Crippen LogP) is 3.17. The maximum atomic E-state index is 12.1. The molecule has 3 rings (SSSR count). The molecule has 1 aliphatic rings. The number of nitrogen functional groups attached to an aromatic ring is 1. The standard InChI is InChI=1S/C23H28N4O2/c1-17(28)27(15-3-5-18-4-2-6-19(16-18)23(24)25)20-7-9-21(10-8-20)29-22-11-13-26-14-12-22/h2-10,16,22,26H,11-15H2,1H3,(H3,24,25)/b5-3+. The van der Waals surface area contributed by atoms with Crippen LogP contribution in [0.3, 0.4) is 0 Å². The predicted molar refractivity (Wildman–Crippen MR) is 117 cm³/mol. The van der Waals surface area contributed by atoms with Gasteiger partial charge in [-0.25, -0.2) is 0 Å². The van der Waals surface area contributed by atoms with Crippen molar-refractivity contribution in [3.63, 3.8) is 0 Å². The number of carbonyl (C=O) groups is 1. The first-order valence-electron chi connectivity index (χ1n) is 9.89. The van der Waals surface area contributed by atoms with Gasteiger partial charge in [-0.2, -0.15) is 0 Å². The van der Waals surface area contributed by atoms with E-state index in [0.29, 0.717) is 12.1 Å². The molecule has 1 amide bonds. The summed E-state index contributed by atoms with van der Waals surface area (Å²) < 4.78 is 6.04. The van der Waals surface area contributed by atoms with Gasteiger partial charge in [0.15, 0.2) is 0 Å². The fourth-order valence-electron chi connectivity index (χ4n) is 3.33. The van der Waals surface area contributed by atoms with Crippen molar-refractivity contribution >= 4 is 23.5 Å². The third-order valence-electron chi connectivity index (χ3n) is 4.91. The molecule has 2 aromatic rings. The molecule has 1 fully saturated rings. The molecule has 6 heteroatoms. The molecule has 0 atom stereocenters. The zero-order valence-electron chi connectivity index (χ0n) is 16.7. The lowest BCUT2D eigenvalue weighted by atomic mass is 10.1. The van der Waals surface area contributed by atoms with Gasteiger partial charge in [-0.1, -0.05) is 30.4 Å². The van der Waals surface area contributed by atoms with Crippen LogP contribution < -0.4 is 20.7 Å². The summed E-state index contributed by atoms with van der Waals surface area (Å²) in [6, 6.07) is 15.1. The van der Waals surface area contributed by atoms with E-state index in [1.165, 1.54) is 0 Å². The van der Waals surface area contributed by atoms with Gasteiger partial charge in [0.05, 0.1) is 0 Å². The number of carbonyl (C=O) groups excluding carboxylic acids is 1. The van der Waals surface area contributed by atoms with E-state index in [4.69, 9.17) is 15.9 Å². The smallest absolute Gasteiger partial charge is 0.224 e. The Bertz CT molecular complexity index is 871. The number of amidine groups is 1. The molecule has 4 N–H and O–H groups in total. The summed E-state index contributed by atoms with van der Waals surface area (Å²) in [5.74, 6) is 0.845. The number of rotatable bonds is 7. The Kier molecular flexibility index (Phi) is 7.03. The van der Waals surface area contributed by atoms with Crippen LogP contribution in [-0.2, 0) is 4.79 Å². The molecule has 1 aliphatic heterocycles. The number of amides is 1. The van der Waals surface area contributed by atoms with Crippen molar-refractivity contribution in [3.05, 3.63) is 65.7 Å². The SMILES string of the molecule is CC(=O)N(C/C=C/c1cccc(C(=N)N)c1)c1ccc(OC2CCNCC2)cc1. The van der Waals surface area contributed by atoms with Gasteiger partial charge in [-0.3, -0.25) is 10.2 Å². The van der Waals surface area contributed by atoms with Crippen LogP contribution in [0.5, 0.6) is 5.75 Å². The second kappa shape index (κ2) is 9.89. The maximum Gasteiger partial charge on any atom is 0.224 e. The highest BCUT2D eigenvalue weighted by Crippen LogP contribution is 2.22. The van der Waals surface area contributed by atoms with Crippen molar-refractivity contribution in [3.8, 4) is 5.75 Å². The maximum absolute atomic E-state index is 12.1. The summed E-state index contributed by atoms with van der Waals surface area (Å²) in [4.78, 5) is 13.8. The van der Waals surface area contributed by atoms with Crippen LogP contribution in [0.15, 0.2) is 54.6 Å². The molecule has 0 spiro atoms.